The van der Waals surface area contributed by atoms with E-state index in [1.54, 1.807) is 7.11 Å². The summed E-state index contributed by atoms with van der Waals surface area (Å²) >= 11 is 0. The zero-order valence-electron chi connectivity index (χ0n) is 14.1. The number of nitrogens with one attached hydrogen (secondary N) is 2. The van der Waals surface area contributed by atoms with Gasteiger partial charge in [-0.25, -0.2) is 4.79 Å². The fourth-order valence-corrected chi connectivity index (χ4v) is 3.42. The van der Waals surface area contributed by atoms with Crippen LogP contribution in [0.15, 0.2) is 24.3 Å². The molecule has 1 saturated carbocycles. The van der Waals surface area contributed by atoms with Crippen molar-refractivity contribution in [2.24, 2.45) is 0 Å². The second kappa shape index (κ2) is 7.77. The van der Waals surface area contributed by atoms with Gasteiger partial charge in [0, 0.05) is 25.7 Å². The van der Waals surface area contributed by atoms with E-state index < -0.39 is 6.03 Å². The number of carbonyl (C=O) groups excluding carboxylic acids is 2. The Morgan fingerprint density at radius 1 is 1.25 bits per heavy atom. The molecule has 0 aliphatic heterocycles. The summed E-state index contributed by atoms with van der Waals surface area (Å²) in [6.07, 6.45) is 4.37. The number of ether oxygens (including phenoxy) is 1. The highest BCUT2D eigenvalue weighted by Gasteiger charge is 2.38. The Hall–Kier alpha value is -1.92. The number of aryl methyl sites for hydroxylation is 1. The Morgan fingerprint density at radius 3 is 2.79 bits per heavy atom. The van der Waals surface area contributed by atoms with Gasteiger partial charge in [-0.3, -0.25) is 15.0 Å². The summed E-state index contributed by atoms with van der Waals surface area (Å²) in [5.74, 6) is -0.249. The van der Waals surface area contributed by atoms with E-state index in [9.17, 15) is 9.59 Å². The highest BCUT2D eigenvalue weighted by molar-refractivity contribution is 5.95. The van der Waals surface area contributed by atoms with Gasteiger partial charge in [0.15, 0.2) is 0 Å². The lowest BCUT2D eigenvalue weighted by molar-refractivity contribution is -0.122. The van der Waals surface area contributed by atoms with E-state index in [4.69, 9.17) is 4.74 Å². The van der Waals surface area contributed by atoms with Gasteiger partial charge < -0.3 is 10.1 Å². The Morgan fingerprint density at radius 2 is 2.04 bits per heavy atom. The molecular weight excluding hydrogens is 306 g/mol. The third-order valence-corrected chi connectivity index (χ3v) is 4.69. The van der Waals surface area contributed by atoms with Crippen LogP contribution in [0.2, 0.25) is 0 Å². The molecule has 130 valence electrons. The predicted molar refractivity (Wildman–Crippen MR) is 90.6 cm³/mol. The molecule has 2 N–H and O–H groups in total. The molecule has 0 unspecified atom stereocenters. The van der Waals surface area contributed by atoms with Crippen molar-refractivity contribution in [3.63, 3.8) is 0 Å². The molecule has 0 saturated heterocycles. The van der Waals surface area contributed by atoms with Crippen molar-refractivity contribution in [2.45, 2.75) is 37.8 Å². The minimum absolute atomic E-state index is 0.249. The number of hydrogen-bond acceptors (Lipinski definition) is 4. The summed E-state index contributed by atoms with van der Waals surface area (Å²) in [6.45, 7) is 1.08. The zero-order valence-corrected chi connectivity index (χ0v) is 14.1. The Balaban J connectivity index is 1.57. The van der Waals surface area contributed by atoms with E-state index in [2.05, 4.69) is 39.8 Å². The molecule has 6 heteroatoms. The molecule has 3 amide bonds. The first-order chi connectivity index (χ1) is 11.7. The summed E-state index contributed by atoms with van der Waals surface area (Å²) in [5.41, 5.74) is 2.72. The molecular formula is C18H25N3O3. The van der Waals surface area contributed by atoms with Crippen LogP contribution in [0.5, 0.6) is 0 Å². The van der Waals surface area contributed by atoms with Gasteiger partial charge in [-0.1, -0.05) is 24.3 Å². The second-order valence-electron chi connectivity index (χ2n) is 6.45. The summed E-state index contributed by atoms with van der Waals surface area (Å²) in [4.78, 5) is 26.2. The highest BCUT2D eigenvalue weighted by Crippen LogP contribution is 2.41. The number of rotatable bonds is 7. The maximum absolute atomic E-state index is 12.3. The van der Waals surface area contributed by atoms with Gasteiger partial charge in [0.2, 0.25) is 5.91 Å². The molecule has 2 aliphatic carbocycles. The molecule has 3 rings (SSSR count). The fraction of sp³-hybridized carbons (Fsp3) is 0.556. The topological polar surface area (TPSA) is 70.7 Å². The van der Waals surface area contributed by atoms with Gasteiger partial charge in [-0.2, -0.15) is 0 Å². The first-order valence-electron chi connectivity index (χ1n) is 8.59. The number of nitrogens with zero attached hydrogens (tertiary/aromatic N) is 1. The highest BCUT2D eigenvalue weighted by atomic mass is 16.5. The van der Waals surface area contributed by atoms with Crippen LogP contribution in [0.25, 0.3) is 0 Å². The van der Waals surface area contributed by atoms with E-state index in [0.29, 0.717) is 19.2 Å². The predicted octanol–water partition coefficient (Wildman–Crippen LogP) is 1.61. The number of imide groups is 1. The number of methoxy groups -OCH3 is 1. The summed E-state index contributed by atoms with van der Waals surface area (Å²) < 4.78 is 4.87. The van der Waals surface area contributed by atoms with Crippen molar-refractivity contribution >= 4 is 11.9 Å². The zero-order chi connectivity index (χ0) is 16.9. The van der Waals surface area contributed by atoms with Crippen LogP contribution in [0.3, 0.4) is 0 Å². The molecule has 0 spiro atoms. The van der Waals surface area contributed by atoms with E-state index >= 15 is 0 Å². The summed E-state index contributed by atoms with van der Waals surface area (Å²) in [5, 5.41) is 5.02. The summed E-state index contributed by atoms with van der Waals surface area (Å²) in [6, 6.07) is 8.76. The van der Waals surface area contributed by atoms with Crippen molar-refractivity contribution in [1.82, 2.24) is 15.5 Å². The molecule has 24 heavy (non-hydrogen) atoms. The largest absolute Gasteiger partial charge is 0.383 e. The molecule has 2 aliphatic rings. The number of hydrogen-bond donors (Lipinski definition) is 2. The van der Waals surface area contributed by atoms with Crippen LogP contribution in [-0.4, -0.2) is 49.7 Å². The standard InChI is InChI=1S/C18H25N3O3/c1-24-11-10-19-18(23)20-17(22)12-21(14-7-8-14)16-9-6-13-4-2-3-5-15(13)16/h2-5,14,16H,6-12H2,1H3,(H2,19,20,22,23)/t16-/m0/s1. The Labute approximate surface area is 142 Å². The van der Waals surface area contributed by atoms with Crippen molar-refractivity contribution in [3.8, 4) is 0 Å². The van der Waals surface area contributed by atoms with E-state index in [1.807, 2.05) is 0 Å². The third kappa shape index (κ3) is 4.13. The Bertz CT molecular complexity index is 601. The number of carbonyl (C=O) groups is 2. The van der Waals surface area contributed by atoms with E-state index in [-0.39, 0.29) is 18.5 Å². The summed E-state index contributed by atoms with van der Waals surface area (Å²) in [7, 11) is 1.57. The van der Waals surface area contributed by atoms with Crippen LogP contribution in [0.1, 0.15) is 36.4 Å². The quantitative estimate of drug-likeness (QED) is 0.745. The van der Waals surface area contributed by atoms with Crippen LogP contribution < -0.4 is 10.6 Å². The average Bonchev–Trinajstić information content (AvgIpc) is 3.32. The lowest BCUT2D eigenvalue weighted by Gasteiger charge is -2.29. The van der Waals surface area contributed by atoms with Crippen LogP contribution in [0.4, 0.5) is 4.79 Å². The molecule has 1 fully saturated rings. The van der Waals surface area contributed by atoms with Gasteiger partial charge in [0.25, 0.3) is 0 Å². The van der Waals surface area contributed by atoms with Crippen LogP contribution in [-0.2, 0) is 16.0 Å². The smallest absolute Gasteiger partial charge is 0.321 e. The monoisotopic (exact) mass is 331 g/mol. The third-order valence-electron chi connectivity index (χ3n) is 4.69. The number of urea groups is 1. The van der Waals surface area contributed by atoms with Crippen molar-refractivity contribution in [2.75, 3.05) is 26.8 Å². The molecule has 0 heterocycles. The molecule has 0 bridgehead atoms. The van der Waals surface area contributed by atoms with E-state index in [1.165, 1.54) is 11.1 Å². The van der Waals surface area contributed by atoms with Crippen molar-refractivity contribution in [1.29, 1.82) is 0 Å². The maximum Gasteiger partial charge on any atom is 0.321 e. The average molecular weight is 331 g/mol. The van der Waals surface area contributed by atoms with Crippen molar-refractivity contribution < 1.29 is 14.3 Å². The maximum atomic E-state index is 12.3. The lowest BCUT2D eigenvalue weighted by Crippen LogP contribution is -2.46. The second-order valence-corrected chi connectivity index (χ2v) is 6.45. The molecule has 1 aromatic carbocycles. The minimum Gasteiger partial charge on any atom is -0.383 e. The minimum atomic E-state index is -0.459. The molecule has 1 atom stereocenters. The fourth-order valence-electron chi connectivity index (χ4n) is 3.42. The molecule has 1 aromatic rings. The van der Waals surface area contributed by atoms with Gasteiger partial charge in [0.1, 0.15) is 0 Å². The number of fused-ring (bicyclic) bond motifs is 1. The van der Waals surface area contributed by atoms with E-state index in [0.717, 1.165) is 25.7 Å². The van der Waals surface area contributed by atoms with Crippen LogP contribution >= 0.6 is 0 Å². The molecule has 0 radical (unpaired) electrons. The number of amides is 3. The molecule has 0 aromatic heterocycles. The van der Waals surface area contributed by atoms with Crippen molar-refractivity contribution in [3.05, 3.63) is 35.4 Å². The normalized spacial score (nSPS) is 19.2. The van der Waals surface area contributed by atoms with Gasteiger partial charge in [-0.15, -0.1) is 0 Å². The van der Waals surface area contributed by atoms with Gasteiger partial charge in [-0.05, 0) is 36.8 Å². The van der Waals surface area contributed by atoms with Crippen LogP contribution in [0, 0.1) is 0 Å². The first-order valence-corrected chi connectivity index (χ1v) is 8.59. The first kappa shape index (κ1) is 16.9. The Kier molecular flexibility index (Phi) is 5.48. The number of benzene rings is 1. The van der Waals surface area contributed by atoms with Gasteiger partial charge >= 0.3 is 6.03 Å². The lowest BCUT2D eigenvalue weighted by atomic mass is 10.1. The molecule has 6 nitrogen and oxygen atoms in total. The van der Waals surface area contributed by atoms with Gasteiger partial charge in [0.05, 0.1) is 13.2 Å². The SMILES string of the molecule is COCCNC(=O)NC(=O)CN(C1CC1)[C@H]1CCc2ccccc21.